The van der Waals surface area contributed by atoms with Crippen LogP contribution in [0.2, 0.25) is 0 Å². The quantitative estimate of drug-likeness (QED) is 0.158. The highest BCUT2D eigenvalue weighted by molar-refractivity contribution is 6.07. The molecule has 3 N–H and O–H groups in total. The van der Waals surface area contributed by atoms with Gasteiger partial charge in [-0.05, 0) is 99.2 Å². The first-order chi connectivity index (χ1) is 27.5. The van der Waals surface area contributed by atoms with Crippen LogP contribution in [0.15, 0.2) is 55.0 Å². The van der Waals surface area contributed by atoms with Crippen LogP contribution in [0.1, 0.15) is 67.3 Å². The number of hydrogen-bond donors (Lipinski definition) is 3. The van der Waals surface area contributed by atoms with Crippen LogP contribution in [0, 0.1) is 22.9 Å². The predicted molar refractivity (Wildman–Crippen MR) is 206 cm³/mol. The molecule has 298 valence electrons. The Bertz CT molecular complexity index is 2380. The third kappa shape index (κ3) is 6.83. The predicted octanol–water partition coefficient (Wildman–Crippen LogP) is 5.49. The van der Waals surface area contributed by atoms with E-state index in [2.05, 4.69) is 60.7 Å². The number of benzene rings is 2. The van der Waals surface area contributed by atoms with Crippen LogP contribution in [0.4, 0.5) is 29.3 Å². The van der Waals surface area contributed by atoms with Gasteiger partial charge in [0.2, 0.25) is 11.7 Å². The minimum absolute atomic E-state index is 0.118. The van der Waals surface area contributed by atoms with Crippen LogP contribution >= 0.6 is 0 Å². The lowest BCUT2D eigenvalue weighted by atomic mass is 9.57. The van der Waals surface area contributed by atoms with Crippen molar-refractivity contribution in [2.24, 2.45) is 5.41 Å². The molecule has 0 unspecified atom stereocenters. The normalized spacial score (nSPS) is 22.8. The molecule has 0 radical (unpaired) electrons. The standard InChI is InChI=1S/C41H44F3N9O4/c42-30-21-29(35(43)36(44)37(30)55)38(56)45-25-40-8-11-41(12-9-40,13-10-40)53-24-27-4-5-28(20-31(27)48-53)50-18-16-49(17-19-50)14-1-2-26-3-6-32-33(22-46-52(32)23-26)51-15-7-34(54)47-39(51)57/h3-6,20-24,55H,1-2,7-19,25H2,(H,45,56)(H,47,54,57)/t40-,41+. The number of anilines is 2. The van der Waals surface area contributed by atoms with Gasteiger partial charge >= 0.3 is 6.03 Å². The van der Waals surface area contributed by atoms with Gasteiger partial charge in [0.1, 0.15) is 0 Å². The van der Waals surface area contributed by atoms with E-state index in [0.29, 0.717) is 18.3 Å². The molecule has 4 amide bonds. The van der Waals surface area contributed by atoms with Gasteiger partial charge in [-0.2, -0.15) is 14.6 Å². The molecular formula is C41H44F3N9O4. The van der Waals surface area contributed by atoms with Crippen molar-refractivity contribution in [2.45, 2.75) is 63.3 Å². The average molecular weight is 784 g/mol. The van der Waals surface area contributed by atoms with Gasteiger partial charge in [0.15, 0.2) is 17.4 Å². The molecule has 13 nitrogen and oxygen atoms in total. The number of phenols is 1. The van der Waals surface area contributed by atoms with Crippen LogP contribution in [-0.4, -0.2) is 93.1 Å². The van der Waals surface area contributed by atoms with Crippen molar-refractivity contribution >= 4 is 45.6 Å². The number of rotatable bonds is 10. The van der Waals surface area contributed by atoms with Gasteiger partial charge in [-0.3, -0.25) is 29.4 Å². The Morgan fingerprint density at radius 2 is 1.68 bits per heavy atom. The number of pyridine rings is 1. The van der Waals surface area contributed by atoms with E-state index in [-0.39, 0.29) is 29.8 Å². The number of halogens is 3. The van der Waals surface area contributed by atoms with E-state index in [0.717, 1.165) is 106 Å². The second-order valence-electron chi connectivity index (χ2n) is 16.2. The van der Waals surface area contributed by atoms with E-state index >= 15 is 0 Å². The van der Waals surface area contributed by atoms with Gasteiger partial charge in [-0.15, -0.1) is 0 Å². The third-order valence-electron chi connectivity index (χ3n) is 12.9. The van der Waals surface area contributed by atoms with E-state index in [1.54, 1.807) is 15.6 Å². The number of aromatic nitrogens is 4. The van der Waals surface area contributed by atoms with Gasteiger partial charge in [-0.1, -0.05) is 6.07 Å². The molecule has 57 heavy (non-hydrogen) atoms. The summed E-state index contributed by atoms with van der Waals surface area (Å²) in [6.45, 7) is 5.40. The number of phenolic OH excluding ortho intramolecular Hbond substituents is 1. The smallest absolute Gasteiger partial charge is 0.328 e. The summed E-state index contributed by atoms with van der Waals surface area (Å²) < 4.78 is 45.9. The highest BCUT2D eigenvalue weighted by atomic mass is 19.2. The molecule has 5 aromatic rings. The first-order valence-electron chi connectivity index (χ1n) is 19.7. The lowest BCUT2D eigenvalue weighted by molar-refractivity contribution is -0.120. The molecule has 3 saturated carbocycles. The number of urea groups is 1. The fourth-order valence-corrected chi connectivity index (χ4v) is 9.31. The molecule has 2 aromatic carbocycles. The molecule has 5 aliphatic rings. The molecule has 10 rings (SSSR count). The highest BCUT2D eigenvalue weighted by Gasteiger charge is 2.50. The Morgan fingerprint density at radius 1 is 0.912 bits per heavy atom. The van der Waals surface area contributed by atoms with Crippen molar-refractivity contribution < 1.29 is 32.7 Å². The Balaban J connectivity index is 0.759. The molecule has 5 fully saturated rings. The Morgan fingerprint density at radius 3 is 2.44 bits per heavy atom. The molecule has 5 heterocycles. The lowest BCUT2D eigenvalue weighted by Crippen LogP contribution is -2.51. The fraction of sp³-hybridized carbons (Fsp3) is 0.439. The van der Waals surface area contributed by atoms with E-state index in [4.69, 9.17) is 5.10 Å². The van der Waals surface area contributed by atoms with Crippen molar-refractivity contribution in [3.63, 3.8) is 0 Å². The summed E-state index contributed by atoms with van der Waals surface area (Å²) in [5.41, 5.74) is 3.77. The number of amides is 4. The van der Waals surface area contributed by atoms with Crippen molar-refractivity contribution in [1.82, 2.24) is 34.9 Å². The van der Waals surface area contributed by atoms with Gasteiger partial charge in [0, 0.05) is 69.2 Å². The number of carbonyl (C=O) groups is 3. The number of aryl methyl sites for hydroxylation is 1. The van der Waals surface area contributed by atoms with E-state index < -0.39 is 40.7 Å². The van der Waals surface area contributed by atoms with E-state index in [1.165, 1.54) is 5.56 Å². The number of imide groups is 1. The molecule has 16 heteroatoms. The topological polar surface area (TPSA) is 140 Å². The number of hydrogen-bond acceptors (Lipinski definition) is 8. The number of nitrogens with zero attached hydrogens (tertiary/aromatic N) is 7. The zero-order valence-electron chi connectivity index (χ0n) is 31.4. The Kier molecular flexibility index (Phi) is 9.33. The highest BCUT2D eigenvalue weighted by Crippen LogP contribution is 2.55. The first-order valence-corrected chi connectivity index (χ1v) is 19.7. The van der Waals surface area contributed by atoms with E-state index in [9.17, 15) is 32.7 Å². The monoisotopic (exact) mass is 783 g/mol. The third-order valence-corrected chi connectivity index (χ3v) is 12.9. The number of nitrogens with one attached hydrogen (secondary N) is 2. The molecule has 2 aliphatic heterocycles. The summed E-state index contributed by atoms with van der Waals surface area (Å²) in [5.74, 6) is -7.31. The van der Waals surface area contributed by atoms with Crippen LogP contribution in [0.25, 0.3) is 16.4 Å². The van der Waals surface area contributed by atoms with Crippen LogP contribution < -0.4 is 20.4 Å². The van der Waals surface area contributed by atoms with Gasteiger partial charge < -0.3 is 15.3 Å². The molecular weight excluding hydrogens is 740 g/mol. The van der Waals surface area contributed by atoms with Crippen molar-refractivity contribution in [2.75, 3.05) is 55.6 Å². The maximum Gasteiger partial charge on any atom is 0.328 e. The molecule has 3 aliphatic carbocycles. The zero-order chi connectivity index (χ0) is 39.5. The minimum Gasteiger partial charge on any atom is -0.503 e. The SMILES string of the molecule is O=C1CCN(c2cnn3cc(CCCN4CCN(c5ccc6cn([C@]78CC[C@](CNC(=O)c9cc(F)c(O)c(F)c9F)(CC7)CC8)nc6c5)CC4)ccc23)C(=O)N1. The number of aromatic hydroxyl groups is 1. The summed E-state index contributed by atoms with van der Waals surface area (Å²) in [5, 5.41) is 25.1. The van der Waals surface area contributed by atoms with Gasteiger partial charge in [0.25, 0.3) is 5.91 Å². The Labute approximate surface area is 326 Å². The van der Waals surface area contributed by atoms with E-state index in [1.807, 2.05) is 12.3 Å². The van der Waals surface area contributed by atoms with Gasteiger partial charge in [0.05, 0.1) is 34.0 Å². The molecule has 3 aromatic heterocycles. The van der Waals surface area contributed by atoms with Crippen LogP contribution in [-0.2, 0) is 16.8 Å². The molecule has 0 atom stereocenters. The summed E-state index contributed by atoms with van der Waals surface area (Å²) in [7, 11) is 0. The first kappa shape index (κ1) is 37.0. The van der Waals surface area contributed by atoms with Crippen molar-refractivity contribution in [3.8, 4) is 5.75 Å². The summed E-state index contributed by atoms with van der Waals surface area (Å²) >= 11 is 0. The lowest BCUT2D eigenvalue weighted by Gasteiger charge is -2.53. The molecule has 0 spiro atoms. The number of piperazine rings is 1. The maximum absolute atomic E-state index is 14.3. The minimum atomic E-state index is -1.77. The second-order valence-corrected chi connectivity index (χ2v) is 16.2. The fourth-order valence-electron chi connectivity index (χ4n) is 9.31. The van der Waals surface area contributed by atoms with Gasteiger partial charge in [-0.25, -0.2) is 18.1 Å². The largest absolute Gasteiger partial charge is 0.503 e. The van der Waals surface area contributed by atoms with Crippen LogP contribution in [0.3, 0.4) is 0 Å². The summed E-state index contributed by atoms with van der Waals surface area (Å²) in [4.78, 5) is 43.1. The average Bonchev–Trinajstić information content (AvgIpc) is 3.86. The maximum atomic E-state index is 14.3. The summed E-state index contributed by atoms with van der Waals surface area (Å²) in [6, 6.07) is 10.7. The van der Waals surface area contributed by atoms with Crippen molar-refractivity contribution in [1.29, 1.82) is 0 Å². The molecule has 2 saturated heterocycles. The number of fused-ring (bicyclic) bond motifs is 5. The second kappa shape index (κ2) is 14.4. The number of carbonyl (C=O) groups excluding carboxylic acids is 3. The van der Waals surface area contributed by atoms with Crippen molar-refractivity contribution in [3.05, 3.63) is 83.6 Å². The summed E-state index contributed by atoms with van der Waals surface area (Å²) in [6.07, 6.45) is 13.2. The molecule has 2 bridgehead atoms. The van der Waals surface area contributed by atoms with Crippen LogP contribution in [0.5, 0.6) is 5.75 Å². The Hall–Kier alpha value is -5.64. The zero-order valence-corrected chi connectivity index (χ0v) is 31.4.